The SMILES string of the molecule is C=CCc1cc(C=NCc2ccccc2)cc(OC)c1OCC(=O)O. The molecule has 0 heterocycles. The maximum Gasteiger partial charge on any atom is 0.341 e. The van der Waals surface area contributed by atoms with E-state index < -0.39 is 12.6 Å². The summed E-state index contributed by atoms with van der Waals surface area (Å²) in [7, 11) is 1.52. The number of carboxylic acids is 1. The van der Waals surface area contributed by atoms with Crippen molar-refractivity contribution in [2.45, 2.75) is 13.0 Å². The maximum absolute atomic E-state index is 10.8. The van der Waals surface area contributed by atoms with Crippen LogP contribution in [-0.2, 0) is 17.8 Å². The van der Waals surface area contributed by atoms with E-state index >= 15 is 0 Å². The van der Waals surface area contributed by atoms with Crippen molar-refractivity contribution >= 4 is 12.2 Å². The molecule has 25 heavy (non-hydrogen) atoms. The second kappa shape index (κ2) is 9.27. The fourth-order valence-corrected chi connectivity index (χ4v) is 2.35. The Balaban J connectivity index is 2.24. The lowest BCUT2D eigenvalue weighted by molar-refractivity contribution is -0.139. The summed E-state index contributed by atoms with van der Waals surface area (Å²) >= 11 is 0. The Hall–Kier alpha value is -3.08. The number of carbonyl (C=O) groups is 1. The third-order valence-corrected chi connectivity index (χ3v) is 3.44. The van der Waals surface area contributed by atoms with E-state index in [2.05, 4.69) is 11.6 Å². The lowest BCUT2D eigenvalue weighted by Gasteiger charge is -2.14. The van der Waals surface area contributed by atoms with Crippen molar-refractivity contribution in [1.82, 2.24) is 0 Å². The molecule has 0 saturated carbocycles. The van der Waals surface area contributed by atoms with Crippen LogP contribution in [0.15, 0.2) is 60.1 Å². The van der Waals surface area contributed by atoms with Gasteiger partial charge in [0.05, 0.1) is 13.7 Å². The van der Waals surface area contributed by atoms with Gasteiger partial charge in [0, 0.05) is 11.8 Å². The number of carboxylic acid groups (broad SMARTS) is 1. The van der Waals surface area contributed by atoms with Gasteiger partial charge in [-0.25, -0.2) is 4.79 Å². The van der Waals surface area contributed by atoms with Crippen LogP contribution in [-0.4, -0.2) is 31.0 Å². The molecule has 0 bridgehead atoms. The Kier molecular flexibility index (Phi) is 6.77. The van der Waals surface area contributed by atoms with Gasteiger partial charge < -0.3 is 14.6 Å². The number of ether oxygens (including phenoxy) is 2. The molecule has 130 valence electrons. The molecule has 5 nitrogen and oxygen atoms in total. The zero-order chi connectivity index (χ0) is 18.1. The summed E-state index contributed by atoms with van der Waals surface area (Å²) in [5, 5.41) is 8.83. The fraction of sp³-hybridized carbons (Fsp3) is 0.200. The van der Waals surface area contributed by atoms with Crippen LogP contribution >= 0.6 is 0 Å². The standard InChI is InChI=1S/C20H21NO4/c1-3-7-17-10-16(13-21-12-15-8-5-4-6-9-15)11-18(24-2)20(17)25-14-19(22)23/h3-6,8-11,13H,1,7,12,14H2,2H3,(H,22,23). The Bertz CT molecular complexity index is 754. The van der Waals surface area contributed by atoms with Gasteiger partial charge in [-0.05, 0) is 29.7 Å². The van der Waals surface area contributed by atoms with Crippen molar-refractivity contribution in [3.05, 3.63) is 71.8 Å². The fourth-order valence-electron chi connectivity index (χ4n) is 2.35. The van der Waals surface area contributed by atoms with Crippen molar-refractivity contribution in [3.63, 3.8) is 0 Å². The van der Waals surface area contributed by atoms with Gasteiger partial charge in [0.15, 0.2) is 18.1 Å². The van der Waals surface area contributed by atoms with Gasteiger partial charge in [-0.15, -0.1) is 6.58 Å². The highest BCUT2D eigenvalue weighted by Gasteiger charge is 2.13. The van der Waals surface area contributed by atoms with E-state index in [-0.39, 0.29) is 0 Å². The maximum atomic E-state index is 10.8. The Labute approximate surface area is 147 Å². The molecular weight excluding hydrogens is 318 g/mol. The van der Waals surface area contributed by atoms with Crippen molar-refractivity contribution in [2.75, 3.05) is 13.7 Å². The van der Waals surface area contributed by atoms with Crippen LogP contribution in [0.4, 0.5) is 0 Å². The molecule has 0 aliphatic heterocycles. The molecule has 0 aliphatic carbocycles. The van der Waals surface area contributed by atoms with Gasteiger partial charge in [-0.3, -0.25) is 4.99 Å². The van der Waals surface area contributed by atoms with Gasteiger partial charge in [0.1, 0.15) is 0 Å². The number of hydrogen-bond donors (Lipinski definition) is 1. The highest BCUT2D eigenvalue weighted by atomic mass is 16.5. The summed E-state index contributed by atoms with van der Waals surface area (Å²) in [6, 6.07) is 13.6. The summed E-state index contributed by atoms with van der Waals surface area (Å²) in [6.07, 6.45) is 4.03. The third-order valence-electron chi connectivity index (χ3n) is 3.44. The predicted molar refractivity (Wildman–Crippen MR) is 97.8 cm³/mol. The van der Waals surface area contributed by atoms with E-state index in [9.17, 15) is 4.79 Å². The van der Waals surface area contributed by atoms with Crippen LogP contribution in [0.5, 0.6) is 11.5 Å². The topological polar surface area (TPSA) is 68.1 Å². The lowest BCUT2D eigenvalue weighted by atomic mass is 10.1. The van der Waals surface area contributed by atoms with Crippen LogP contribution in [0.1, 0.15) is 16.7 Å². The van der Waals surface area contributed by atoms with E-state index in [1.54, 1.807) is 18.4 Å². The van der Waals surface area contributed by atoms with Gasteiger partial charge in [-0.2, -0.15) is 0 Å². The number of aliphatic imine (C=N–C) groups is 1. The first-order valence-corrected chi connectivity index (χ1v) is 7.84. The van der Waals surface area contributed by atoms with Crippen LogP contribution in [0.3, 0.4) is 0 Å². The zero-order valence-electron chi connectivity index (χ0n) is 14.1. The third kappa shape index (κ3) is 5.49. The first-order chi connectivity index (χ1) is 12.1. The Morgan fingerprint density at radius 3 is 2.68 bits per heavy atom. The number of benzene rings is 2. The molecule has 2 rings (SSSR count). The highest BCUT2D eigenvalue weighted by Crippen LogP contribution is 2.33. The lowest BCUT2D eigenvalue weighted by Crippen LogP contribution is -2.11. The van der Waals surface area contributed by atoms with Crippen LogP contribution in [0.25, 0.3) is 0 Å². The average molecular weight is 339 g/mol. The highest BCUT2D eigenvalue weighted by molar-refractivity contribution is 5.82. The molecule has 0 amide bonds. The molecule has 2 aromatic carbocycles. The molecule has 0 fully saturated rings. The van der Waals surface area contributed by atoms with Crippen LogP contribution in [0.2, 0.25) is 0 Å². The molecule has 0 radical (unpaired) electrons. The minimum absolute atomic E-state index is 0.421. The second-order valence-electron chi connectivity index (χ2n) is 5.34. The van der Waals surface area contributed by atoms with E-state index in [0.717, 1.165) is 16.7 Å². The summed E-state index contributed by atoms with van der Waals surface area (Å²) < 4.78 is 10.7. The number of rotatable bonds is 9. The molecule has 0 spiro atoms. The number of hydrogen-bond acceptors (Lipinski definition) is 4. The average Bonchev–Trinajstić information content (AvgIpc) is 2.61. The normalized spacial score (nSPS) is 10.6. The molecule has 0 aromatic heterocycles. The zero-order valence-corrected chi connectivity index (χ0v) is 14.1. The van der Waals surface area contributed by atoms with E-state index in [4.69, 9.17) is 14.6 Å². The van der Waals surface area contributed by atoms with E-state index in [1.165, 1.54) is 7.11 Å². The Morgan fingerprint density at radius 1 is 1.28 bits per heavy atom. The number of methoxy groups -OCH3 is 1. The minimum atomic E-state index is -1.04. The summed E-state index contributed by atoms with van der Waals surface area (Å²) in [5.74, 6) is -0.146. The quantitative estimate of drug-likeness (QED) is 0.561. The first kappa shape index (κ1) is 18.3. The molecular formula is C20H21NO4. The molecule has 0 saturated heterocycles. The molecule has 0 atom stereocenters. The summed E-state index contributed by atoms with van der Waals surface area (Å²) in [4.78, 5) is 15.2. The monoisotopic (exact) mass is 339 g/mol. The van der Waals surface area contributed by atoms with Gasteiger partial charge in [0.25, 0.3) is 0 Å². The molecule has 5 heteroatoms. The van der Waals surface area contributed by atoms with E-state index in [1.807, 2.05) is 36.4 Å². The van der Waals surface area contributed by atoms with Gasteiger partial charge in [0.2, 0.25) is 0 Å². The molecule has 0 unspecified atom stereocenters. The molecule has 1 N–H and O–H groups in total. The smallest absolute Gasteiger partial charge is 0.341 e. The molecule has 0 aliphatic rings. The largest absolute Gasteiger partial charge is 0.493 e. The summed E-state index contributed by atoms with van der Waals surface area (Å²) in [6.45, 7) is 3.88. The minimum Gasteiger partial charge on any atom is -0.493 e. The van der Waals surface area contributed by atoms with E-state index in [0.29, 0.717) is 24.5 Å². The van der Waals surface area contributed by atoms with Crippen molar-refractivity contribution in [2.24, 2.45) is 4.99 Å². The second-order valence-corrected chi connectivity index (χ2v) is 5.34. The number of aliphatic carboxylic acids is 1. The number of nitrogens with zero attached hydrogens (tertiary/aromatic N) is 1. The Morgan fingerprint density at radius 2 is 2.04 bits per heavy atom. The van der Waals surface area contributed by atoms with Crippen molar-refractivity contribution in [3.8, 4) is 11.5 Å². The van der Waals surface area contributed by atoms with Gasteiger partial charge in [-0.1, -0.05) is 36.4 Å². The first-order valence-electron chi connectivity index (χ1n) is 7.84. The van der Waals surface area contributed by atoms with Crippen LogP contribution in [0, 0.1) is 0 Å². The number of allylic oxidation sites excluding steroid dienone is 1. The van der Waals surface area contributed by atoms with Crippen molar-refractivity contribution < 1.29 is 19.4 Å². The van der Waals surface area contributed by atoms with Gasteiger partial charge >= 0.3 is 5.97 Å². The summed E-state index contributed by atoms with van der Waals surface area (Å²) in [5.41, 5.74) is 2.78. The van der Waals surface area contributed by atoms with Crippen molar-refractivity contribution in [1.29, 1.82) is 0 Å². The molecule has 2 aromatic rings. The van der Waals surface area contributed by atoms with Crippen LogP contribution < -0.4 is 9.47 Å². The predicted octanol–water partition coefficient (Wildman–Crippen LogP) is 3.51.